The van der Waals surface area contributed by atoms with Crippen LogP contribution in [0, 0.1) is 13.8 Å². The molecule has 1 aliphatic heterocycles. The number of anilines is 1. The lowest BCUT2D eigenvalue weighted by Crippen LogP contribution is -3.15. The van der Waals surface area contributed by atoms with Crippen molar-refractivity contribution in [1.29, 1.82) is 0 Å². The van der Waals surface area contributed by atoms with E-state index in [0.717, 1.165) is 16.0 Å². The third-order valence-electron chi connectivity index (χ3n) is 5.16. The van der Waals surface area contributed by atoms with E-state index in [4.69, 9.17) is 23.2 Å². The van der Waals surface area contributed by atoms with E-state index in [-0.39, 0.29) is 12.5 Å². The highest BCUT2D eigenvalue weighted by Gasteiger charge is 2.31. The quantitative estimate of drug-likeness (QED) is 0.723. The van der Waals surface area contributed by atoms with Crippen molar-refractivity contribution in [2.24, 2.45) is 0 Å². The predicted molar refractivity (Wildman–Crippen MR) is 115 cm³/mol. The zero-order chi connectivity index (χ0) is 21.2. The molecule has 1 aliphatic rings. The topological polar surface area (TPSA) is 70.9 Å². The molecular weight excluding hydrogens is 433 g/mol. The molecular formula is C20H24Cl2N3O3S+. The Hall–Kier alpha value is -1.64. The first-order valence-corrected chi connectivity index (χ1v) is 11.5. The Morgan fingerprint density at radius 2 is 1.76 bits per heavy atom. The van der Waals surface area contributed by atoms with Gasteiger partial charge in [0.05, 0.1) is 41.8 Å². The van der Waals surface area contributed by atoms with Crippen LogP contribution in [0.1, 0.15) is 11.1 Å². The van der Waals surface area contributed by atoms with E-state index in [1.807, 2.05) is 19.9 Å². The molecule has 0 bridgehead atoms. The summed E-state index contributed by atoms with van der Waals surface area (Å²) < 4.78 is 27.3. The molecule has 2 aromatic carbocycles. The molecule has 0 unspecified atom stereocenters. The zero-order valence-corrected chi connectivity index (χ0v) is 18.7. The molecule has 1 saturated heterocycles. The van der Waals surface area contributed by atoms with Gasteiger partial charge in [0.1, 0.15) is 0 Å². The van der Waals surface area contributed by atoms with Gasteiger partial charge in [-0.2, -0.15) is 4.31 Å². The molecule has 3 rings (SSSR count). The fourth-order valence-electron chi connectivity index (χ4n) is 3.26. The molecule has 1 amide bonds. The van der Waals surface area contributed by atoms with Gasteiger partial charge >= 0.3 is 0 Å². The largest absolute Gasteiger partial charge is 0.325 e. The molecule has 0 saturated carbocycles. The van der Waals surface area contributed by atoms with Crippen LogP contribution in [0.5, 0.6) is 0 Å². The second-order valence-corrected chi connectivity index (χ2v) is 10.0. The molecule has 0 radical (unpaired) electrons. The maximum Gasteiger partial charge on any atom is 0.279 e. The summed E-state index contributed by atoms with van der Waals surface area (Å²) >= 11 is 12.0. The molecule has 0 aliphatic carbocycles. The van der Waals surface area contributed by atoms with Gasteiger partial charge in [-0.1, -0.05) is 29.3 Å². The highest BCUT2D eigenvalue weighted by molar-refractivity contribution is 7.89. The van der Waals surface area contributed by atoms with Crippen molar-refractivity contribution in [1.82, 2.24) is 4.31 Å². The highest BCUT2D eigenvalue weighted by atomic mass is 35.5. The van der Waals surface area contributed by atoms with Crippen molar-refractivity contribution in [3.63, 3.8) is 0 Å². The molecule has 6 nitrogen and oxygen atoms in total. The Balaban J connectivity index is 1.58. The van der Waals surface area contributed by atoms with E-state index in [2.05, 4.69) is 5.32 Å². The number of carbonyl (C=O) groups is 1. The number of benzene rings is 2. The van der Waals surface area contributed by atoms with Crippen LogP contribution in [0.2, 0.25) is 10.0 Å². The van der Waals surface area contributed by atoms with Crippen molar-refractivity contribution < 1.29 is 18.1 Å². The van der Waals surface area contributed by atoms with Crippen LogP contribution < -0.4 is 10.2 Å². The fraction of sp³-hybridized carbons (Fsp3) is 0.350. The summed E-state index contributed by atoms with van der Waals surface area (Å²) in [6.07, 6.45) is 0. The number of nitrogens with one attached hydrogen (secondary N) is 2. The Bertz CT molecular complexity index is 1020. The maximum absolute atomic E-state index is 12.9. The summed E-state index contributed by atoms with van der Waals surface area (Å²) in [5.41, 5.74) is 2.48. The van der Waals surface area contributed by atoms with Crippen LogP contribution in [0.25, 0.3) is 0 Å². The number of rotatable bonds is 5. The fourth-order valence-corrected chi connectivity index (χ4v) is 5.12. The minimum absolute atomic E-state index is 0.186. The number of piperazine rings is 1. The van der Waals surface area contributed by atoms with Gasteiger partial charge in [0.2, 0.25) is 10.0 Å². The molecule has 9 heteroatoms. The standard InChI is InChI=1S/C20H23Cl2N3O3S/c1-14-3-5-17(11-15(14)2)29(27,28)25-9-7-24(8-10-25)13-20(26)23-19-12-16(21)4-6-18(19)22/h3-6,11-12H,7-10,13H2,1-2H3,(H,23,26)/p+1. The Kier molecular flexibility index (Phi) is 6.86. The van der Waals surface area contributed by atoms with Crippen LogP contribution in [-0.4, -0.2) is 51.4 Å². The van der Waals surface area contributed by atoms with Gasteiger partial charge in [0.15, 0.2) is 6.54 Å². The SMILES string of the molecule is Cc1ccc(S(=O)(=O)N2CC[NH+](CC(=O)Nc3cc(Cl)ccc3Cl)CC2)cc1C. The van der Waals surface area contributed by atoms with Gasteiger partial charge in [-0.25, -0.2) is 8.42 Å². The number of hydrogen-bond donors (Lipinski definition) is 2. The molecule has 2 aromatic rings. The number of halogens is 2. The number of nitrogens with zero attached hydrogens (tertiary/aromatic N) is 1. The number of carbonyl (C=O) groups excluding carboxylic acids is 1. The van der Waals surface area contributed by atoms with Crippen molar-refractivity contribution >= 4 is 44.8 Å². The maximum atomic E-state index is 12.9. The molecule has 1 heterocycles. The van der Waals surface area contributed by atoms with Gasteiger partial charge in [-0.3, -0.25) is 4.79 Å². The monoisotopic (exact) mass is 456 g/mol. The van der Waals surface area contributed by atoms with Gasteiger partial charge < -0.3 is 10.2 Å². The molecule has 1 fully saturated rings. The van der Waals surface area contributed by atoms with Crippen molar-refractivity contribution in [3.05, 3.63) is 57.6 Å². The third kappa shape index (κ3) is 5.29. The molecule has 0 aromatic heterocycles. The van der Waals surface area contributed by atoms with Crippen LogP contribution in [0.4, 0.5) is 5.69 Å². The second kappa shape index (κ2) is 9.02. The molecule has 2 N–H and O–H groups in total. The second-order valence-electron chi connectivity index (χ2n) is 7.25. The lowest BCUT2D eigenvalue weighted by atomic mass is 10.1. The number of quaternary nitrogens is 1. The zero-order valence-electron chi connectivity index (χ0n) is 16.3. The minimum atomic E-state index is -3.52. The van der Waals surface area contributed by atoms with E-state index in [0.29, 0.717) is 46.8 Å². The van der Waals surface area contributed by atoms with E-state index >= 15 is 0 Å². The average Bonchev–Trinajstić information content (AvgIpc) is 2.67. The summed E-state index contributed by atoms with van der Waals surface area (Å²) in [4.78, 5) is 13.7. The van der Waals surface area contributed by atoms with Crippen LogP contribution in [-0.2, 0) is 14.8 Å². The Labute approximate surface area is 181 Å². The summed E-state index contributed by atoms with van der Waals surface area (Å²) in [6.45, 7) is 5.95. The van der Waals surface area contributed by atoms with Crippen molar-refractivity contribution in [3.8, 4) is 0 Å². The van der Waals surface area contributed by atoms with Crippen LogP contribution in [0.3, 0.4) is 0 Å². The summed E-state index contributed by atoms with van der Waals surface area (Å²) in [7, 11) is -3.52. The van der Waals surface area contributed by atoms with Gasteiger partial charge in [0.25, 0.3) is 5.91 Å². The lowest BCUT2D eigenvalue weighted by molar-refractivity contribution is -0.895. The van der Waals surface area contributed by atoms with Gasteiger partial charge in [-0.15, -0.1) is 0 Å². The summed E-state index contributed by atoms with van der Waals surface area (Å²) in [6, 6.07) is 10.1. The first-order chi connectivity index (χ1) is 13.7. The lowest BCUT2D eigenvalue weighted by Gasteiger charge is -2.31. The van der Waals surface area contributed by atoms with Crippen LogP contribution >= 0.6 is 23.2 Å². The molecule has 29 heavy (non-hydrogen) atoms. The minimum Gasteiger partial charge on any atom is -0.325 e. The number of sulfonamides is 1. The first kappa shape index (κ1) is 22.1. The normalized spacial score (nSPS) is 16.0. The van der Waals surface area contributed by atoms with E-state index in [1.54, 1.807) is 30.3 Å². The molecule has 0 spiro atoms. The smallest absolute Gasteiger partial charge is 0.279 e. The van der Waals surface area contributed by atoms with Crippen molar-refractivity contribution in [2.75, 3.05) is 38.0 Å². The van der Waals surface area contributed by atoms with E-state index in [9.17, 15) is 13.2 Å². The van der Waals surface area contributed by atoms with Crippen molar-refractivity contribution in [2.45, 2.75) is 18.7 Å². The summed E-state index contributed by atoms with van der Waals surface area (Å²) in [5.74, 6) is -0.186. The van der Waals surface area contributed by atoms with E-state index < -0.39 is 10.0 Å². The number of amides is 1. The summed E-state index contributed by atoms with van der Waals surface area (Å²) in [5, 5.41) is 3.68. The molecule has 156 valence electrons. The van der Waals surface area contributed by atoms with Crippen LogP contribution in [0.15, 0.2) is 41.3 Å². The van der Waals surface area contributed by atoms with Gasteiger partial charge in [0, 0.05) is 5.02 Å². The highest BCUT2D eigenvalue weighted by Crippen LogP contribution is 2.25. The number of aryl methyl sites for hydroxylation is 2. The Morgan fingerprint density at radius 3 is 2.41 bits per heavy atom. The number of hydrogen-bond acceptors (Lipinski definition) is 3. The molecule has 0 atom stereocenters. The third-order valence-corrected chi connectivity index (χ3v) is 7.62. The Morgan fingerprint density at radius 1 is 1.07 bits per heavy atom. The average molecular weight is 457 g/mol. The predicted octanol–water partition coefficient (Wildman–Crippen LogP) is 2.14. The van der Waals surface area contributed by atoms with Gasteiger partial charge in [-0.05, 0) is 55.3 Å². The first-order valence-electron chi connectivity index (χ1n) is 9.32. The van der Waals surface area contributed by atoms with E-state index in [1.165, 1.54) is 4.31 Å².